The Bertz CT molecular complexity index is 755. The van der Waals surface area contributed by atoms with Gasteiger partial charge in [0, 0.05) is 33.2 Å². The summed E-state index contributed by atoms with van der Waals surface area (Å²) < 4.78 is 49.9. The fraction of sp³-hybridized carbons (Fsp3) is 0.188. The molecule has 0 spiro atoms. The molecule has 7 heteroatoms. The van der Waals surface area contributed by atoms with Gasteiger partial charge in [-0.2, -0.15) is 13.2 Å². The maximum absolute atomic E-state index is 12.9. The minimum atomic E-state index is -4.47. The second kappa shape index (κ2) is 6.54. The number of halogens is 3. The fourth-order valence-electron chi connectivity index (χ4n) is 2.01. The van der Waals surface area contributed by atoms with E-state index in [1.165, 1.54) is 37.4 Å². The van der Waals surface area contributed by atoms with Crippen LogP contribution in [0.4, 0.5) is 18.9 Å². The quantitative estimate of drug-likeness (QED) is 0.917. The molecule has 0 aliphatic heterocycles. The summed E-state index contributed by atoms with van der Waals surface area (Å²) in [5, 5.41) is 2.43. The van der Waals surface area contributed by atoms with Gasteiger partial charge >= 0.3 is 6.18 Å². The van der Waals surface area contributed by atoms with Gasteiger partial charge in [0.1, 0.15) is 0 Å². The van der Waals surface area contributed by atoms with Crippen LogP contribution in [0.3, 0.4) is 0 Å². The van der Waals surface area contributed by atoms with Gasteiger partial charge in [-0.25, -0.2) is 0 Å². The van der Waals surface area contributed by atoms with E-state index in [-0.39, 0.29) is 16.8 Å². The molecule has 2 aromatic carbocycles. The fourth-order valence-corrected chi connectivity index (χ4v) is 2.53. The van der Waals surface area contributed by atoms with Gasteiger partial charge in [0.25, 0.3) is 5.91 Å². The molecule has 0 fully saturated rings. The molecule has 0 aliphatic carbocycles. The molecule has 1 amide bonds. The van der Waals surface area contributed by atoms with Gasteiger partial charge < -0.3 is 5.32 Å². The topological polar surface area (TPSA) is 46.2 Å². The maximum atomic E-state index is 12.9. The first-order valence-electron chi connectivity index (χ1n) is 6.61. The third kappa shape index (κ3) is 4.19. The Morgan fingerprint density at radius 3 is 2.22 bits per heavy atom. The Labute approximate surface area is 134 Å². The molecule has 1 unspecified atom stereocenters. The number of carbonyl (C=O) groups excluding carboxylic acids is 1. The van der Waals surface area contributed by atoms with Crippen LogP contribution in [0.1, 0.15) is 21.5 Å². The minimum Gasteiger partial charge on any atom is -0.322 e. The summed E-state index contributed by atoms with van der Waals surface area (Å²) in [6.07, 6.45) is -2.96. The number of anilines is 1. The van der Waals surface area contributed by atoms with Crippen LogP contribution >= 0.6 is 0 Å². The van der Waals surface area contributed by atoms with Crippen molar-refractivity contribution in [1.29, 1.82) is 0 Å². The van der Waals surface area contributed by atoms with E-state index in [2.05, 4.69) is 5.32 Å². The van der Waals surface area contributed by atoms with Crippen molar-refractivity contribution in [2.75, 3.05) is 11.6 Å². The smallest absolute Gasteiger partial charge is 0.322 e. The average molecular weight is 341 g/mol. The van der Waals surface area contributed by atoms with Crippen molar-refractivity contribution in [3.05, 3.63) is 59.2 Å². The standard InChI is InChI=1S/C16H14F3NO2S/c1-10-3-6-12(9-14(10)16(17,18)19)20-15(21)11-4-7-13(8-5-11)23(2)22/h3-9H,1-2H3,(H,20,21). The first-order valence-corrected chi connectivity index (χ1v) is 8.17. The summed E-state index contributed by atoms with van der Waals surface area (Å²) in [4.78, 5) is 12.6. The van der Waals surface area contributed by atoms with Gasteiger partial charge in [-0.1, -0.05) is 6.07 Å². The van der Waals surface area contributed by atoms with Crippen LogP contribution in [0.5, 0.6) is 0 Å². The lowest BCUT2D eigenvalue weighted by Crippen LogP contribution is -2.14. The third-order valence-corrected chi connectivity index (χ3v) is 4.19. The normalized spacial score (nSPS) is 12.7. The zero-order chi connectivity index (χ0) is 17.2. The lowest BCUT2D eigenvalue weighted by atomic mass is 10.1. The molecule has 1 N–H and O–H groups in total. The molecule has 0 saturated carbocycles. The van der Waals surface area contributed by atoms with Gasteiger partial charge in [0.15, 0.2) is 0 Å². The van der Waals surface area contributed by atoms with Crippen molar-refractivity contribution < 1.29 is 22.2 Å². The van der Waals surface area contributed by atoms with E-state index < -0.39 is 28.4 Å². The summed E-state index contributed by atoms with van der Waals surface area (Å²) in [5.41, 5.74) is -0.360. The number of benzene rings is 2. The van der Waals surface area contributed by atoms with Gasteiger partial charge in [-0.3, -0.25) is 9.00 Å². The average Bonchev–Trinajstić information content (AvgIpc) is 2.48. The molecule has 122 valence electrons. The van der Waals surface area contributed by atoms with E-state index in [4.69, 9.17) is 0 Å². The highest BCUT2D eigenvalue weighted by molar-refractivity contribution is 7.84. The number of nitrogens with one attached hydrogen (secondary N) is 1. The Morgan fingerprint density at radius 1 is 1.09 bits per heavy atom. The second-order valence-corrected chi connectivity index (χ2v) is 6.34. The molecule has 1 atom stereocenters. The molecule has 23 heavy (non-hydrogen) atoms. The molecule has 0 heterocycles. The van der Waals surface area contributed by atoms with Gasteiger partial charge in [0.05, 0.1) is 5.56 Å². The predicted molar refractivity (Wildman–Crippen MR) is 82.9 cm³/mol. The van der Waals surface area contributed by atoms with Gasteiger partial charge in [-0.15, -0.1) is 0 Å². The number of hydrogen-bond donors (Lipinski definition) is 1. The van der Waals surface area contributed by atoms with Crippen LogP contribution in [0, 0.1) is 6.92 Å². The third-order valence-electron chi connectivity index (χ3n) is 3.25. The van der Waals surface area contributed by atoms with Crippen molar-refractivity contribution in [2.45, 2.75) is 18.0 Å². The summed E-state index contributed by atoms with van der Waals surface area (Å²) >= 11 is 0. The van der Waals surface area contributed by atoms with Crippen LogP contribution in [-0.2, 0) is 17.0 Å². The van der Waals surface area contributed by atoms with Gasteiger partial charge in [-0.05, 0) is 48.9 Å². The first-order chi connectivity index (χ1) is 10.7. The lowest BCUT2D eigenvalue weighted by molar-refractivity contribution is -0.138. The molecule has 0 saturated heterocycles. The highest BCUT2D eigenvalue weighted by Gasteiger charge is 2.32. The molecular weight excluding hydrogens is 327 g/mol. The molecule has 0 radical (unpaired) electrons. The van der Waals surface area contributed by atoms with Crippen molar-refractivity contribution >= 4 is 22.4 Å². The summed E-state index contributed by atoms with van der Waals surface area (Å²) in [5.74, 6) is -0.532. The first kappa shape index (κ1) is 17.2. The molecule has 2 aromatic rings. The number of carbonyl (C=O) groups is 1. The largest absolute Gasteiger partial charge is 0.416 e. The molecule has 0 aromatic heterocycles. The van der Waals surface area contributed by atoms with Crippen LogP contribution in [0.2, 0.25) is 0 Å². The minimum absolute atomic E-state index is 0.0658. The van der Waals surface area contributed by atoms with Crippen molar-refractivity contribution in [3.8, 4) is 0 Å². The van der Waals surface area contributed by atoms with E-state index >= 15 is 0 Å². The Hall–Kier alpha value is -2.15. The highest BCUT2D eigenvalue weighted by atomic mass is 32.2. The number of alkyl halides is 3. The highest BCUT2D eigenvalue weighted by Crippen LogP contribution is 2.33. The Balaban J connectivity index is 2.22. The lowest BCUT2D eigenvalue weighted by Gasteiger charge is -2.13. The Kier molecular flexibility index (Phi) is 4.89. The second-order valence-electron chi connectivity index (χ2n) is 4.96. The monoisotopic (exact) mass is 341 g/mol. The number of hydrogen-bond acceptors (Lipinski definition) is 2. The zero-order valence-corrected chi connectivity index (χ0v) is 13.2. The summed E-state index contributed by atoms with van der Waals surface area (Å²) in [6, 6.07) is 9.67. The molecule has 2 rings (SSSR count). The predicted octanol–water partition coefficient (Wildman–Crippen LogP) is 4.00. The zero-order valence-electron chi connectivity index (χ0n) is 12.4. The van der Waals surface area contributed by atoms with Crippen LogP contribution in [-0.4, -0.2) is 16.4 Å². The van der Waals surface area contributed by atoms with E-state index in [1.54, 1.807) is 12.1 Å². The van der Waals surface area contributed by atoms with E-state index in [9.17, 15) is 22.2 Å². The summed E-state index contributed by atoms with van der Waals surface area (Å²) in [6.45, 7) is 1.36. The van der Waals surface area contributed by atoms with Crippen molar-refractivity contribution in [3.63, 3.8) is 0 Å². The van der Waals surface area contributed by atoms with E-state index in [0.717, 1.165) is 6.07 Å². The van der Waals surface area contributed by atoms with E-state index in [0.29, 0.717) is 4.90 Å². The maximum Gasteiger partial charge on any atom is 0.416 e. The number of amides is 1. The van der Waals surface area contributed by atoms with Crippen LogP contribution < -0.4 is 5.32 Å². The Morgan fingerprint density at radius 2 is 1.70 bits per heavy atom. The summed E-state index contributed by atoms with van der Waals surface area (Å²) in [7, 11) is -1.16. The number of aryl methyl sites for hydroxylation is 1. The van der Waals surface area contributed by atoms with E-state index in [1.807, 2.05) is 0 Å². The van der Waals surface area contributed by atoms with Crippen molar-refractivity contribution in [1.82, 2.24) is 0 Å². The molecule has 3 nitrogen and oxygen atoms in total. The molecule has 0 aliphatic rings. The van der Waals surface area contributed by atoms with Crippen LogP contribution in [0.15, 0.2) is 47.4 Å². The SMILES string of the molecule is Cc1ccc(NC(=O)c2ccc(S(C)=O)cc2)cc1C(F)(F)F. The number of rotatable bonds is 3. The molecular formula is C16H14F3NO2S. The van der Waals surface area contributed by atoms with Crippen LogP contribution in [0.25, 0.3) is 0 Å². The van der Waals surface area contributed by atoms with Crippen molar-refractivity contribution in [2.24, 2.45) is 0 Å². The molecule has 0 bridgehead atoms. The van der Waals surface area contributed by atoms with Gasteiger partial charge in [0.2, 0.25) is 0 Å².